The van der Waals surface area contributed by atoms with E-state index in [1.54, 1.807) is 0 Å². The van der Waals surface area contributed by atoms with Gasteiger partial charge in [-0.3, -0.25) is 9.59 Å². The van der Waals surface area contributed by atoms with Crippen LogP contribution in [0.3, 0.4) is 0 Å². The molecule has 18 heavy (non-hydrogen) atoms. The predicted octanol–water partition coefficient (Wildman–Crippen LogP) is 1.46. The van der Waals surface area contributed by atoms with Crippen molar-refractivity contribution in [3.8, 4) is 0 Å². The van der Waals surface area contributed by atoms with Crippen LogP contribution >= 0.6 is 0 Å². The van der Waals surface area contributed by atoms with Crippen LogP contribution < -0.4 is 0 Å². The molecule has 0 aromatic carbocycles. The van der Waals surface area contributed by atoms with Gasteiger partial charge in [0.1, 0.15) is 5.60 Å². The Kier molecular flexibility index (Phi) is 7.59. The normalized spacial score (nSPS) is 20.4. The van der Waals surface area contributed by atoms with Crippen LogP contribution in [-0.4, -0.2) is 50.2 Å². The molecule has 0 aliphatic carbocycles. The Morgan fingerprint density at radius 1 is 1.39 bits per heavy atom. The van der Waals surface area contributed by atoms with E-state index in [0.717, 1.165) is 25.9 Å². The van der Waals surface area contributed by atoms with E-state index in [2.05, 4.69) is 14.4 Å². The molecule has 5 nitrogen and oxygen atoms in total. The molecule has 0 amide bonds. The summed E-state index contributed by atoms with van der Waals surface area (Å²) in [5.41, 5.74) is -0.318. The Hall–Kier alpha value is -1.10. The molecule has 1 aliphatic heterocycles. The Morgan fingerprint density at radius 2 is 2.00 bits per heavy atom. The third-order valence-electron chi connectivity index (χ3n) is 2.56. The van der Waals surface area contributed by atoms with Crippen molar-refractivity contribution in [3.63, 3.8) is 0 Å². The quantitative estimate of drug-likeness (QED) is 0.555. The Labute approximate surface area is 109 Å². The molecule has 0 radical (unpaired) electrons. The van der Waals surface area contributed by atoms with Gasteiger partial charge in [0.2, 0.25) is 0 Å². The molecule has 1 fully saturated rings. The number of likely N-dealkylation sites (tertiary alicyclic amines) is 1. The van der Waals surface area contributed by atoms with E-state index in [0.29, 0.717) is 6.47 Å². The van der Waals surface area contributed by atoms with E-state index in [9.17, 15) is 9.59 Å². The molecule has 1 saturated heterocycles. The maximum Gasteiger partial charge on any atom is 0.309 e. The zero-order valence-corrected chi connectivity index (χ0v) is 12.1. The summed E-state index contributed by atoms with van der Waals surface area (Å²) in [5.74, 6) is 0.0512. The number of esters is 1. The van der Waals surface area contributed by atoms with Crippen molar-refractivity contribution in [2.45, 2.75) is 39.2 Å². The first-order valence-corrected chi connectivity index (χ1v) is 6.18. The van der Waals surface area contributed by atoms with Gasteiger partial charge in [-0.05, 0) is 47.2 Å². The van der Waals surface area contributed by atoms with E-state index in [1.165, 1.54) is 7.11 Å². The molecule has 0 spiro atoms. The van der Waals surface area contributed by atoms with Gasteiger partial charge in [0.05, 0.1) is 13.0 Å². The second-order valence-corrected chi connectivity index (χ2v) is 5.45. The van der Waals surface area contributed by atoms with Gasteiger partial charge in [-0.1, -0.05) is 0 Å². The third kappa shape index (κ3) is 8.06. The number of hydrogen-bond donors (Lipinski definition) is 0. The van der Waals surface area contributed by atoms with E-state index in [-0.39, 0.29) is 17.5 Å². The van der Waals surface area contributed by atoms with Crippen molar-refractivity contribution in [3.05, 3.63) is 0 Å². The van der Waals surface area contributed by atoms with Crippen LogP contribution in [-0.2, 0) is 19.1 Å². The highest BCUT2D eigenvalue weighted by atomic mass is 16.5. The SMILES string of the molecule is CC(C)(C)OC=O.COC(=O)[C@@H]1CCCN(C)C1. The van der Waals surface area contributed by atoms with Crippen LogP contribution in [0.1, 0.15) is 33.6 Å². The summed E-state index contributed by atoms with van der Waals surface area (Å²) in [6.45, 7) is 7.88. The lowest BCUT2D eigenvalue weighted by atomic mass is 9.99. The topological polar surface area (TPSA) is 55.8 Å². The zero-order chi connectivity index (χ0) is 14.2. The van der Waals surface area contributed by atoms with E-state index in [4.69, 9.17) is 0 Å². The summed E-state index contributed by atoms with van der Waals surface area (Å²) in [5, 5.41) is 0. The van der Waals surface area contributed by atoms with Crippen molar-refractivity contribution in [1.29, 1.82) is 0 Å². The van der Waals surface area contributed by atoms with Crippen LogP contribution in [0.15, 0.2) is 0 Å². The number of carbonyl (C=O) groups is 2. The lowest BCUT2D eigenvalue weighted by Crippen LogP contribution is -2.36. The highest BCUT2D eigenvalue weighted by Crippen LogP contribution is 2.15. The van der Waals surface area contributed by atoms with Gasteiger partial charge in [-0.25, -0.2) is 0 Å². The number of ether oxygens (including phenoxy) is 2. The molecule has 1 aliphatic rings. The summed E-state index contributed by atoms with van der Waals surface area (Å²) in [6, 6.07) is 0. The lowest BCUT2D eigenvalue weighted by molar-refractivity contribution is -0.147. The zero-order valence-electron chi connectivity index (χ0n) is 12.1. The van der Waals surface area contributed by atoms with Crippen molar-refractivity contribution in [1.82, 2.24) is 4.90 Å². The van der Waals surface area contributed by atoms with Crippen molar-refractivity contribution >= 4 is 12.4 Å². The van der Waals surface area contributed by atoms with Gasteiger partial charge >= 0.3 is 5.97 Å². The molecule has 1 rings (SSSR count). The van der Waals surface area contributed by atoms with Gasteiger partial charge in [0, 0.05) is 6.54 Å². The first-order valence-electron chi connectivity index (χ1n) is 6.18. The van der Waals surface area contributed by atoms with Gasteiger partial charge in [0.25, 0.3) is 6.47 Å². The second kappa shape index (κ2) is 8.08. The number of nitrogens with zero attached hydrogens (tertiary/aromatic N) is 1. The Bertz CT molecular complexity index is 260. The molecule has 0 saturated carbocycles. The van der Waals surface area contributed by atoms with Crippen LogP contribution in [0.5, 0.6) is 0 Å². The average Bonchev–Trinajstić information content (AvgIpc) is 2.27. The number of carbonyl (C=O) groups excluding carboxylic acids is 2. The minimum absolute atomic E-state index is 0.0587. The smallest absolute Gasteiger partial charge is 0.309 e. The second-order valence-electron chi connectivity index (χ2n) is 5.45. The minimum atomic E-state index is -0.318. The lowest BCUT2D eigenvalue weighted by Gasteiger charge is -2.27. The van der Waals surface area contributed by atoms with Gasteiger partial charge in [0.15, 0.2) is 0 Å². The maximum absolute atomic E-state index is 11.1. The average molecular weight is 259 g/mol. The molecule has 0 unspecified atom stereocenters. The van der Waals surface area contributed by atoms with Gasteiger partial charge in [-0.2, -0.15) is 0 Å². The highest BCUT2D eigenvalue weighted by Gasteiger charge is 2.23. The molecule has 106 valence electrons. The maximum atomic E-state index is 11.1. The standard InChI is InChI=1S/C8H15NO2.C5H10O2/c1-9-5-3-4-7(6-9)8(10)11-2;1-5(2,3)7-4-6/h7H,3-6H2,1-2H3;4H,1-3H3/t7-;/m1./s1. The largest absolute Gasteiger partial charge is 0.469 e. The Balaban J connectivity index is 0.000000360. The first kappa shape index (κ1) is 16.9. The van der Waals surface area contributed by atoms with Crippen LogP contribution in [0.25, 0.3) is 0 Å². The molecule has 0 N–H and O–H groups in total. The fourth-order valence-electron chi connectivity index (χ4n) is 1.67. The number of hydrogen-bond acceptors (Lipinski definition) is 5. The number of rotatable bonds is 2. The molecule has 0 aromatic rings. The van der Waals surface area contributed by atoms with Gasteiger partial charge < -0.3 is 14.4 Å². The summed E-state index contributed by atoms with van der Waals surface area (Å²) in [4.78, 5) is 22.8. The molecule has 5 heteroatoms. The summed E-state index contributed by atoms with van der Waals surface area (Å²) < 4.78 is 9.22. The fraction of sp³-hybridized carbons (Fsp3) is 0.846. The molecular formula is C13H25NO4. The van der Waals surface area contributed by atoms with Crippen molar-refractivity contribution < 1.29 is 19.1 Å². The Morgan fingerprint density at radius 3 is 2.33 bits per heavy atom. The van der Waals surface area contributed by atoms with E-state index in [1.807, 2.05) is 27.8 Å². The third-order valence-corrected chi connectivity index (χ3v) is 2.56. The summed E-state index contributed by atoms with van der Waals surface area (Å²) >= 11 is 0. The number of piperidine rings is 1. The van der Waals surface area contributed by atoms with Crippen LogP contribution in [0, 0.1) is 5.92 Å². The predicted molar refractivity (Wildman–Crippen MR) is 69.1 cm³/mol. The molecular weight excluding hydrogens is 234 g/mol. The molecule has 0 aromatic heterocycles. The minimum Gasteiger partial charge on any atom is -0.469 e. The summed E-state index contributed by atoms with van der Waals surface area (Å²) in [7, 11) is 3.49. The summed E-state index contributed by atoms with van der Waals surface area (Å²) in [6.07, 6.45) is 2.09. The highest BCUT2D eigenvalue weighted by molar-refractivity contribution is 5.72. The first-order chi connectivity index (χ1) is 8.30. The van der Waals surface area contributed by atoms with Gasteiger partial charge in [-0.15, -0.1) is 0 Å². The van der Waals surface area contributed by atoms with E-state index >= 15 is 0 Å². The molecule has 1 heterocycles. The number of methoxy groups -OCH3 is 1. The molecule has 0 bridgehead atoms. The van der Waals surface area contributed by atoms with Crippen molar-refractivity contribution in [2.75, 3.05) is 27.2 Å². The monoisotopic (exact) mass is 259 g/mol. The van der Waals surface area contributed by atoms with Crippen molar-refractivity contribution in [2.24, 2.45) is 5.92 Å². The van der Waals surface area contributed by atoms with Crippen LogP contribution in [0.4, 0.5) is 0 Å². The van der Waals surface area contributed by atoms with Crippen LogP contribution in [0.2, 0.25) is 0 Å². The van der Waals surface area contributed by atoms with E-state index < -0.39 is 0 Å². The molecule has 1 atom stereocenters. The fourth-order valence-corrected chi connectivity index (χ4v) is 1.67.